The van der Waals surface area contributed by atoms with Crippen LogP contribution >= 0.6 is 11.8 Å². The summed E-state index contributed by atoms with van der Waals surface area (Å²) in [6, 6.07) is 13.4. The number of nitrogens with one attached hydrogen (secondary N) is 1. The van der Waals surface area contributed by atoms with Crippen LogP contribution in [0, 0.1) is 0 Å². The molecule has 0 aromatic heterocycles. The number of carbonyl (C=O) groups is 1. The van der Waals surface area contributed by atoms with E-state index in [4.69, 9.17) is 9.47 Å². The van der Waals surface area contributed by atoms with Gasteiger partial charge in [-0.1, -0.05) is 12.1 Å². The molecule has 5 heteroatoms. The Morgan fingerprint density at radius 3 is 2.48 bits per heavy atom. The second-order valence-corrected chi connectivity index (χ2v) is 6.21. The van der Waals surface area contributed by atoms with Crippen molar-refractivity contribution in [1.82, 2.24) is 5.32 Å². The first-order chi connectivity index (χ1) is 11.2. The summed E-state index contributed by atoms with van der Waals surface area (Å²) in [7, 11) is 0. The van der Waals surface area contributed by atoms with E-state index in [9.17, 15) is 4.79 Å². The summed E-state index contributed by atoms with van der Waals surface area (Å²) in [4.78, 5) is 13.6. The third-order valence-electron chi connectivity index (χ3n) is 3.77. The van der Waals surface area contributed by atoms with Crippen molar-refractivity contribution in [2.75, 3.05) is 19.5 Å². The largest absolute Gasteiger partial charge is 0.486 e. The lowest BCUT2D eigenvalue weighted by molar-refractivity contribution is 0.0938. The van der Waals surface area contributed by atoms with E-state index in [2.05, 4.69) is 17.4 Å². The summed E-state index contributed by atoms with van der Waals surface area (Å²) in [5, 5.41) is 3.01. The number of hydrogen-bond donors (Lipinski definition) is 1. The second-order valence-electron chi connectivity index (χ2n) is 5.33. The van der Waals surface area contributed by atoms with E-state index in [1.165, 1.54) is 4.90 Å². The van der Waals surface area contributed by atoms with Crippen molar-refractivity contribution in [1.29, 1.82) is 0 Å². The summed E-state index contributed by atoms with van der Waals surface area (Å²) in [5.74, 6) is 1.19. The molecular formula is C18H19NO3S. The van der Waals surface area contributed by atoms with Crippen LogP contribution in [0.15, 0.2) is 47.4 Å². The molecule has 1 N–H and O–H groups in total. The quantitative estimate of drug-likeness (QED) is 0.870. The molecule has 0 aliphatic carbocycles. The van der Waals surface area contributed by atoms with E-state index < -0.39 is 0 Å². The van der Waals surface area contributed by atoms with Gasteiger partial charge in [0, 0.05) is 10.5 Å². The molecule has 0 bridgehead atoms. The summed E-state index contributed by atoms with van der Waals surface area (Å²) in [5.41, 5.74) is 1.65. The molecule has 0 saturated heterocycles. The van der Waals surface area contributed by atoms with Crippen molar-refractivity contribution >= 4 is 17.7 Å². The molecule has 120 valence electrons. The first kappa shape index (κ1) is 15.7. The normalized spacial score (nSPS) is 14.2. The monoisotopic (exact) mass is 329 g/mol. The van der Waals surface area contributed by atoms with Crippen LogP contribution in [0.3, 0.4) is 0 Å². The smallest absolute Gasteiger partial charge is 0.251 e. The third-order valence-corrected chi connectivity index (χ3v) is 4.51. The van der Waals surface area contributed by atoms with E-state index in [-0.39, 0.29) is 11.9 Å². The molecule has 4 nitrogen and oxygen atoms in total. The number of thioether (sulfide) groups is 1. The minimum atomic E-state index is -0.122. The number of carbonyl (C=O) groups excluding carboxylic acids is 1. The molecule has 1 heterocycles. The van der Waals surface area contributed by atoms with Gasteiger partial charge < -0.3 is 14.8 Å². The fourth-order valence-corrected chi connectivity index (χ4v) is 2.85. The fourth-order valence-electron chi connectivity index (χ4n) is 2.44. The Hall–Kier alpha value is -2.14. The van der Waals surface area contributed by atoms with Gasteiger partial charge in [0.25, 0.3) is 5.91 Å². The van der Waals surface area contributed by atoms with Crippen LogP contribution in [-0.4, -0.2) is 25.4 Å². The maximum atomic E-state index is 12.4. The van der Waals surface area contributed by atoms with Crippen LogP contribution in [0.1, 0.15) is 28.9 Å². The van der Waals surface area contributed by atoms with Gasteiger partial charge in [-0.2, -0.15) is 0 Å². The third kappa shape index (κ3) is 3.62. The van der Waals surface area contributed by atoms with Crippen LogP contribution in [0.2, 0.25) is 0 Å². The molecule has 0 saturated carbocycles. The van der Waals surface area contributed by atoms with Crippen molar-refractivity contribution < 1.29 is 14.3 Å². The number of fused-ring (bicyclic) bond motifs is 1. The van der Waals surface area contributed by atoms with Crippen molar-refractivity contribution in [3.05, 3.63) is 53.6 Å². The van der Waals surface area contributed by atoms with Crippen LogP contribution in [0.4, 0.5) is 0 Å². The maximum Gasteiger partial charge on any atom is 0.251 e. The van der Waals surface area contributed by atoms with E-state index >= 15 is 0 Å². The lowest BCUT2D eigenvalue weighted by Crippen LogP contribution is -2.27. The molecule has 1 amide bonds. The molecule has 0 radical (unpaired) electrons. The highest BCUT2D eigenvalue weighted by atomic mass is 32.2. The Labute approximate surface area is 140 Å². The van der Waals surface area contributed by atoms with Gasteiger partial charge in [0.1, 0.15) is 13.2 Å². The molecule has 0 spiro atoms. The van der Waals surface area contributed by atoms with Gasteiger partial charge in [-0.25, -0.2) is 0 Å². The van der Waals surface area contributed by atoms with Gasteiger partial charge in [0.15, 0.2) is 11.5 Å². The van der Waals surface area contributed by atoms with Crippen molar-refractivity contribution in [2.45, 2.75) is 17.9 Å². The first-order valence-corrected chi connectivity index (χ1v) is 8.74. The van der Waals surface area contributed by atoms with Gasteiger partial charge in [-0.3, -0.25) is 4.79 Å². The summed E-state index contributed by atoms with van der Waals surface area (Å²) in [6.45, 7) is 3.03. The Morgan fingerprint density at radius 2 is 1.78 bits per heavy atom. The summed E-state index contributed by atoms with van der Waals surface area (Å²) < 4.78 is 11.0. The van der Waals surface area contributed by atoms with Gasteiger partial charge in [0.05, 0.1) is 6.04 Å². The maximum absolute atomic E-state index is 12.4. The molecule has 0 fully saturated rings. The molecule has 23 heavy (non-hydrogen) atoms. The zero-order valence-electron chi connectivity index (χ0n) is 13.2. The van der Waals surface area contributed by atoms with Gasteiger partial charge in [0.2, 0.25) is 0 Å². The van der Waals surface area contributed by atoms with Gasteiger partial charge in [-0.05, 0) is 49.1 Å². The Morgan fingerprint density at radius 1 is 1.09 bits per heavy atom. The number of hydrogen-bond acceptors (Lipinski definition) is 4. The molecular weight excluding hydrogens is 310 g/mol. The zero-order chi connectivity index (χ0) is 16.2. The number of amides is 1. The standard InChI is InChI=1S/C18H19NO3S/c1-12(13-3-6-15(23-2)7-4-13)19-18(20)14-5-8-16-17(11-14)22-10-9-21-16/h3-8,11-12H,9-10H2,1-2H3,(H,19,20)/t12-/m1/s1. The summed E-state index contributed by atoms with van der Waals surface area (Å²) in [6.07, 6.45) is 2.04. The Kier molecular flexibility index (Phi) is 4.76. The predicted octanol–water partition coefficient (Wildman–Crippen LogP) is 3.67. The number of ether oxygens (including phenoxy) is 2. The molecule has 1 aliphatic rings. The first-order valence-electron chi connectivity index (χ1n) is 7.52. The van der Waals surface area contributed by atoms with Crippen LogP contribution in [0.5, 0.6) is 11.5 Å². The minimum Gasteiger partial charge on any atom is -0.486 e. The van der Waals surface area contributed by atoms with Crippen LogP contribution < -0.4 is 14.8 Å². The van der Waals surface area contributed by atoms with Gasteiger partial charge in [-0.15, -0.1) is 11.8 Å². The van der Waals surface area contributed by atoms with E-state index in [1.807, 2.05) is 25.3 Å². The van der Waals surface area contributed by atoms with Gasteiger partial charge >= 0.3 is 0 Å². The van der Waals surface area contributed by atoms with E-state index in [1.54, 1.807) is 30.0 Å². The highest BCUT2D eigenvalue weighted by molar-refractivity contribution is 7.98. The highest BCUT2D eigenvalue weighted by Crippen LogP contribution is 2.31. The average molecular weight is 329 g/mol. The Bertz CT molecular complexity index is 700. The van der Waals surface area contributed by atoms with Crippen LogP contribution in [-0.2, 0) is 0 Å². The molecule has 2 aromatic carbocycles. The lowest BCUT2D eigenvalue weighted by Gasteiger charge is -2.19. The fraction of sp³-hybridized carbons (Fsp3) is 0.278. The van der Waals surface area contributed by atoms with Crippen molar-refractivity contribution in [2.24, 2.45) is 0 Å². The topological polar surface area (TPSA) is 47.6 Å². The van der Waals surface area contributed by atoms with Crippen molar-refractivity contribution in [3.63, 3.8) is 0 Å². The summed E-state index contributed by atoms with van der Waals surface area (Å²) >= 11 is 1.70. The zero-order valence-corrected chi connectivity index (χ0v) is 14.0. The molecule has 0 unspecified atom stereocenters. The number of benzene rings is 2. The predicted molar refractivity (Wildman–Crippen MR) is 91.5 cm³/mol. The molecule has 1 aliphatic heterocycles. The van der Waals surface area contributed by atoms with Crippen molar-refractivity contribution in [3.8, 4) is 11.5 Å². The Balaban J connectivity index is 1.70. The average Bonchev–Trinajstić information content (AvgIpc) is 2.61. The second kappa shape index (κ2) is 6.96. The SMILES string of the molecule is CSc1ccc([C@@H](C)NC(=O)c2ccc3c(c2)OCCO3)cc1. The van der Waals surface area contributed by atoms with E-state index in [0.29, 0.717) is 30.3 Å². The number of rotatable bonds is 4. The highest BCUT2D eigenvalue weighted by Gasteiger charge is 2.16. The van der Waals surface area contributed by atoms with E-state index in [0.717, 1.165) is 5.56 Å². The molecule has 3 rings (SSSR count). The lowest BCUT2D eigenvalue weighted by atomic mass is 10.1. The minimum absolute atomic E-state index is 0.0633. The molecule has 2 aromatic rings. The van der Waals surface area contributed by atoms with Crippen LogP contribution in [0.25, 0.3) is 0 Å². The molecule has 1 atom stereocenters.